The molecule has 0 heterocycles. The van der Waals surface area contributed by atoms with E-state index >= 15 is 0 Å². The number of rotatable bonds is 3. The van der Waals surface area contributed by atoms with E-state index in [-0.39, 0.29) is 11.1 Å². The third-order valence-corrected chi connectivity index (χ3v) is 1.82. The number of carboxylic acids is 1. The maximum Gasteiger partial charge on any atom is 0.405 e. The largest absolute Gasteiger partial charge is 0.478 e. The molecule has 1 rings (SSSR count). The highest BCUT2D eigenvalue weighted by atomic mass is 19.4. The number of halogens is 3. The average molecular weight is 247 g/mol. The summed E-state index contributed by atoms with van der Waals surface area (Å²) in [7, 11) is 0. The van der Waals surface area contributed by atoms with Crippen molar-refractivity contribution in [1.29, 1.82) is 0 Å². The molecule has 0 aliphatic rings. The first-order valence-electron chi connectivity index (χ1n) is 4.48. The van der Waals surface area contributed by atoms with Crippen LogP contribution in [0.2, 0.25) is 0 Å². The summed E-state index contributed by atoms with van der Waals surface area (Å²) in [5, 5.41) is 10.3. The van der Waals surface area contributed by atoms with Gasteiger partial charge in [0.15, 0.2) is 0 Å². The van der Waals surface area contributed by atoms with Crippen LogP contribution < -0.4 is 5.32 Å². The SMILES string of the molecule is O=C(O)c1cccc(C(=O)NCC(F)(F)F)c1. The molecule has 17 heavy (non-hydrogen) atoms. The van der Waals surface area contributed by atoms with Crippen molar-refractivity contribution in [2.45, 2.75) is 6.18 Å². The Morgan fingerprint density at radius 2 is 1.82 bits per heavy atom. The molecule has 7 heteroatoms. The van der Waals surface area contributed by atoms with Gasteiger partial charge >= 0.3 is 12.1 Å². The minimum atomic E-state index is -4.50. The van der Waals surface area contributed by atoms with Gasteiger partial charge in [-0.3, -0.25) is 4.79 Å². The highest BCUT2D eigenvalue weighted by Crippen LogP contribution is 2.13. The first-order valence-corrected chi connectivity index (χ1v) is 4.48. The summed E-state index contributed by atoms with van der Waals surface area (Å²) in [6.07, 6.45) is -4.50. The van der Waals surface area contributed by atoms with Gasteiger partial charge in [-0.15, -0.1) is 0 Å². The Kier molecular flexibility index (Phi) is 3.72. The molecule has 4 nitrogen and oxygen atoms in total. The van der Waals surface area contributed by atoms with E-state index in [0.29, 0.717) is 0 Å². The van der Waals surface area contributed by atoms with Crippen LogP contribution in [0.3, 0.4) is 0 Å². The molecular weight excluding hydrogens is 239 g/mol. The van der Waals surface area contributed by atoms with Gasteiger partial charge in [0.05, 0.1) is 5.56 Å². The van der Waals surface area contributed by atoms with Gasteiger partial charge in [0.25, 0.3) is 5.91 Å². The summed E-state index contributed by atoms with van der Waals surface area (Å²) >= 11 is 0. The molecule has 0 aliphatic carbocycles. The van der Waals surface area contributed by atoms with Gasteiger partial charge in [-0.1, -0.05) is 6.07 Å². The second-order valence-electron chi connectivity index (χ2n) is 3.18. The Hall–Kier alpha value is -2.05. The smallest absolute Gasteiger partial charge is 0.405 e. The summed E-state index contributed by atoms with van der Waals surface area (Å²) in [4.78, 5) is 21.8. The van der Waals surface area contributed by atoms with Gasteiger partial charge < -0.3 is 10.4 Å². The molecule has 0 aliphatic heterocycles. The second kappa shape index (κ2) is 4.86. The lowest BCUT2D eigenvalue weighted by Gasteiger charge is -2.08. The van der Waals surface area contributed by atoms with Gasteiger partial charge in [-0.25, -0.2) is 4.79 Å². The van der Waals surface area contributed by atoms with E-state index in [1.165, 1.54) is 18.2 Å². The number of aromatic carboxylic acids is 1. The monoisotopic (exact) mass is 247 g/mol. The minimum absolute atomic E-state index is 0.130. The van der Waals surface area contributed by atoms with Crippen LogP contribution in [0, 0.1) is 0 Å². The van der Waals surface area contributed by atoms with Crippen LogP contribution >= 0.6 is 0 Å². The molecular formula is C10H8F3NO3. The fourth-order valence-corrected chi connectivity index (χ4v) is 1.08. The van der Waals surface area contributed by atoms with Gasteiger partial charge in [-0.2, -0.15) is 13.2 Å². The van der Waals surface area contributed by atoms with Crippen molar-refractivity contribution >= 4 is 11.9 Å². The Morgan fingerprint density at radius 3 is 2.35 bits per heavy atom. The van der Waals surface area contributed by atoms with Crippen molar-refractivity contribution in [2.24, 2.45) is 0 Å². The highest BCUT2D eigenvalue weighted by molar-refractivity contribution is 5.97. The minimum Gasteiger partial charge on any atom is -0.478 e. The van der Waals surface area contributed by atoms with Crippen LogP contribution in [0.1, 0.15) is 20.7 Å². The number of hydrogen-bond acceptors (Lipinski definition) is 2. The fraction of sp³-hybridized carbons (Fsp3) is 0.200. The zero-order valence-electron chi connectivity index (χ0n) is 8.41. The first kappa shape index (κ1) is 13.0. The number of nitrogens with one attached hydrogen (secondary N) is 1. The van der Waals surface area contributed by atoms with Crippen LogP contribution in [0.5, 0.6) is 0 Å². The summed E-state index contributed by atoms with van der Waals surface area (Å²) in [5.74, 6) is -2.22. The summed E-state index contributed by atoms with van der Waals surface area (Å²) < 4.78 is 35.5. The molecule has 0 bridgehead atoms. The van der Waals surface area contributed by atoms with Gasteiger partial charge in [0.2, 0.25) is 0 Å². The summed E-state index contributed by atoms with van der Waals surface area (Å²) in [5.41, 5.74) is -0.293. The zero-order chi connectivity index (χ0) is 13.1. The van der Waals surface area contributed by atoms with Crippen molar-refractivity contribution in [3.63, 3.8) is 0 Å². The zero-order valence-corrected chi connectivity index (χ0v) is 8.41. The quantitative estimate of drug-likeness (QED) is 0.853. The van der Waals surface area contributed by atoms with Crippen LogP contribution in [0.25, 0.3) is 0 Å². The first-order chi connectivity index (χ1) is 7.79. The lowest BCUT2D eigenvalue weighted by molar-refractivity contribution is -0.123. The van der Waals surface area contributed by atoms with E-state index in [2.05, 4.69) is 0 Å². The highest BCUT2D eigenvalue weighted by Gasteiger charge is 2.27. The fourth-order valence-electron chi connectivity index (χ4n) is 1.08. The van der Waals surface area contributed by atoms with Crippen molar-refractivity contribution in [3.05, 3.63) is 35.4 Å². The molecule has 1 amide bonds. The standard InChI is InChI=1S/C10H8F3NO3/c11-10(12,13)5-14-8(15)6-2-1-3-7(4-6)9(16)17/h1-4H,5H2,(H,14,15)(H,16,17). The Morgan fingerprint density at radius 1 is 1.24 bits per heavy atom. The molecule has 92 valence electrons. The number of amides is 1. The third kappa shape index (κ3) is 4.13. The molecule has 0 spiro atoms. The predicted octanol–water partition coefficient (Wildman–Crippen LogP) is 1.68. The van der Waals surface area contributed by atoms with Crippen LogP contribution in [-0.4, -0.2) is 29.7 Å². The van der Waals surface area contributed by atoms with Gasteiger partial charge in [0, 0.05) is 5.56 Å². The number of carbonyl (C=O) groups excluding carboxylic acids is 1. The lowest BCUT2D eigenvalue weighted by Crippen LogP contribution is -2.33. The molecule has 1 aromatic rings. The number of benzene rings is 1. The molecule has 0 aromatic heterocycles. The van der Waals surface area contributed by atoms with Crippen LogP contribution in [0.15, 0.2) is 24.3 Å². The predicted molar refractivity (Wildman–Crippen MR) is 51.8 cm³/mol. The van der Waals surface area contributed by atoms with Crippen molar-refractivity contribution < 1.29 is 27.9 Å². The number of carboxylic acid groups (broad SMARTS) is 1. The third-order valence-electron chi connectivity index (χ3n) is 1.82. The Labute approximate surface area is 94.1 Å². The molecule has 2 N–H and O–H groups in total. The molecule has 0 saturated heterocycles. The van der Waals surface area contributed by atoms with Crippen molar-refractivity contribution in [2.75, 3.05) is 6.54 Å². The Balaban J connectivity index is 2.76. The molecule has 0 unspecified atom stereocenters. The number of carbonyl (C=O) groups is 2. The van der Waals surface area contributed by atoms with Crippen LogP contribution in [0.4, 0.5) is 13.2 Å². The van der Waals surface area contributed by atoms with E-state index in [1.54, 1.807) is 5.32 Å². The summed E-state index contributed by atoms with van der Waals surface area (Å²) in [6, 6.07) is 4.76. The second-order valence-corrected chi connectivity index (χ2v) is 3.18. The van der Waals surface area contributed by atoms with Gasteiger partial charge in [0.1, 0.15) is 6.54 Å². The number of hydrogen-bond donors (Lipinski definition) is 2. The lowest BCUT2D eigenvalue weighted by atomic mass is 10.1. The molecule has 0 saturated carbocycles. The van der Waals surface area contributed by atoms with E-state index in [4.69, 9.17) is 5.11 Å². The van der Waals surface area contributed by atoms with Crippen molar-refractivity contribution in [1.82, 2.24) is 5.32 Å². The molecule has 1 aromatic carbocycles. The number of alkyl halides is 3. The van der Waals surface area contributed by atoms with E-state index in [0.717, 1.165) is 6.07 Å². The molecule has 0 atom stereocenters. The summed E-state index contributed by atoms with van der Waals surface area (Å²) in [6.45, 7) is -1.46. The topological polar surface area (TPSA) is 66.4 Å². The maximum atomic E-state index is 11.8. The molecule has 0 fully saturated rings. The van der Waals surface area contributed by atoms with E-state index in [9.17, 15) is 22.8 Å². The molecule has 0 radical (unpaired) electrons. The van der Waals surface area contributed by atoms with E-state index in [1.807, 2.05) is 0 Å². The normalized spacial score (nSPS) is 11.0. The van der Waals surface area contributed by atoms with Gasteiger partial charge in [-0.05, 0) is 18.2 Å². The average Bonchev–Trinajstić information content (AvgIpc) is 2.25. The van der Waals surface area contributed by atoms with Crippen LogP contribution in [-0.2, 0) is 0 Å². The van der Waals surface area contributed by atoms with E-state index < -0.39 is 24.6 Å². The van der Waals surface area contributed by atoms with Crippen molar-refractivity contribution in [3.8, 4) is 0 Å². The Bertz CT molecular complexity index is 443. The maximum absolute atomic E-state index is 11.8.